The zero-order valence-electron chi connectivity index (χ0n) is 13.5. The lowest BCUT2D eigenvalue weighted by molar-refractivity contribution is 0.0976. The van der Waals surface area contributed by atoms with Gasteiger partial charge in [0.05, 0.1) is 6.54 Å². The molecule has 132 valence electrons. The third kappa shape index (κ3) is 5.03. The van der Waals surface area contributed by atoms with Crippen LogP contribution in [-0.2, 0) is 6.54 Å². The van der Waals surface area contributed by atoms with Gasteiger partial charge in [-0.1, -0.05) is 44.0 Å². The Hall–Kier alpha value is -1.96. The molecule has 0 saturated heterocycles. The summed E-state index contributed by atoms with van der Waals surface area (Å²) in [5.74, 6) is 1.24. The number of hydrogen-bond donors (Lipinski definition) is 2. The smallest absolute Gasteiger partial charge is 0.257 e. The van der Waals surface area contributed by atoms with Crippen molar-refractivity contribution < 1.29 is 9.21 Å². The molecule has 26 heavy (non-hydrogen) atoms. The second kappa shape index (κ2) is 8.62. The van der Waals surface area contributed by atoms with Gasteiger partial charge in [0, 0.05) is 20.1 Å². The van der Waals surface area contributed by atoms with Crippen LogP contribution in [0, 0.1) is 0 Å². The van der Waals surface area contributed by atoms with Crippen molar-refractivity contribution in [3.05, 3.63) is 80.9 Å². The Morgan fingerprint density at radius 2 is 1.54 bits per heavy atom. The fraction of sp³-hybridized carbons (Fsp3) is 0.0526. The van der Waals surface area contributed by atoms with Crippen molar-refractivity contribution in [3.63, 3.8) is 0 Å². The molecule has 2 aromatic carbocycles. The average Bonchev–Trinajstić information content (AvgIpc) is 3.10. The Labute approximate surface area is 173 Å². The topological polar surface area (TPSA) is 54.3 Å². The quantitative estimate of drug-likeness (QED) is 0.485. The number of furan rings is 1. The van der Waals surface area contributed by atoms with E-state index in [4.69, 9.17) is 16.6 Å². The molecule has 0 aliphatic carbocycles. The lowest BCUT2D eigenvalue weighted by Gasteiger charge is -2.08. The SMILES string of the molecule is O=C(NC(=S)NCc1ccc(-c2ccc(Br)cc2)o1)c1ccc(Br)cc1. The van der Waals surface area contributed by atoms with E-state index in [1.54, 1.807) is 24.3 Å². The van der Waals surface area contributed by atoms with Crippen molar-refractivity contribution in [1.29, 1.82) is 0 Å². The van der Waals surface area contributed by atoms with E-state index < -0.39 is 0 Å². The largest absolute Gasteiger partial charge is 0.459 e. The molecule has 7 heteroatoms. The molecule has 0 fully saturated rings. The number of halogens is 2. The summed E-state index contributed by atoms with van der Waals surface area (Å²) >= 11 is 11.9. The summed E-state index contributed by atoms with van der Waals surface area (Å²) in [5, 5.41) is 5.87. The summed E-state index contributed by atoms with van der Waals surface area (Å²) in [7, 11) is 0. The second-order valence-electron chi connectivity index (χ2n) is 5.42. The fourth-order valence-electron chi connectivity index (χ4n) is 2.23. The van der Waals surface area contributed by atoms with E-state index >= 15 is 0 Å². The first kappa shape index (κ1) is 18.8. The molecular formula is C19H14Br2N2O2S. The second-order valence-corrected chi connectivity index (χ2v) is 7.66. The number of nitrogens with one attached hydrogen (secondary N) is 2. The van der Waals surface area contributed by atoms with Crippen LogP contribution >= 0.6 is 44.1 Å². The highest BCUT2D eigenvalue weighted by atomic mass is 79.9. The predicted molar refractivity (Wildman–Crippen MR) is 113 cm³/mol. The van der Waals surface area contributed by atoms with Crippen LogP contribution in [0.15, 0.2) is 74.0 Å². The number of benzene rings is 2. The summed E-state index contributed by atoms with van der Waals surface area (Å²) in [4.78, 5) is 12.1. The average molecular weight is 494 g/mol. The molecule has 0 saturated carbocycles. The molecule has 0 radical (unpaired) electrons. The summed E-state index contributed by atoms with van der Waals surface area (Å²) in [5.41, 5.74) is 1.53. The monoisotopic (exact) mass is 492 g/mol. The van der Waals surface area contributed by atoms with Crippen LogP contribution in [0.3, 0.4) is 0 Å². The molecule has 3 aromatic rings. The number of rotatable bonds is 4. The van der Waals surface area contributed by atoms with E-state index in [0.717, 1.165) is 26.0 Å². The number of carbonyl (C=O) groups excluding carboxylic acids is 1. The summed E-state index contributed by atoms with van der Waals surface area (Å²) < 4.78 is 7.73. The maximum atomic E-state index is 12.1. The molecule has 1 aromatic heterocycles. The summed E-state index contributed by atoms with van der Waals surface area (Å²) in [6, 6.07) is 18.7. The van der Waals surface area contributed by atoms with Gasteiger partial charge in [0.25, 0.3) is 5.91 Å². The van der Waals surface area contributed by atoms with E-state index in [2.05, 4.69) is 42.5 Å². The predicted octanol–water partition coefficient (Wildman–Crippen LogP) is 5.28. The standard InChI is InChI=1S/C19H14Br2N2O2S/c20-14-5-1-12(2-6-14)17-10-9-16(25-17)11-22-19(26)23-18(24)13-3-7-15(21)8-4-13/h1-10H,11H2,(H2,22,23,24,26). The highest BCUT2D eigenvalue weighted by Gasteiger charge is 2.09. The van der Waals surface area contributed by atoms with Crippen LogP contribution < -0.4 is 10.6 Å². The van der Waals surface area contributed by atoms with Gasteiger partial charge in [0.2, 0.25) is 0 Å². The Bertz CT molecular complexity index is 921. The van der Waals surface area contributed by atoms with Crippen molar-refractivity contribution in [3.8, 4) is 11.3 Å². The van der Waals surface area contributed by atoms with Crippen LogP contribution in [0.25, 0.3) is 11.3 Å². The zero-order chi connectivity index (χ0) is 18.5. The summed E-state index contributed by atoms with van der Waals surface area (Å²) in [6.07, 6.45) is 0. The molecule has 2 N–H and O–H groups in total. The minimum Gasteiger partial charge on any atom is -0.459 e. The summed E-state index contributed by atoms with van der Waals surface area (Å²) in [6.45, 7) is 0.385. The van der Waals surface area contributed by atoms with Gasteiger partial charge in [0.15, 0.2) is 5.11 Å². The van der Waals surface area contributed by atoms with Gasteiger partial charge in [-0.2, -0.15) is 0 Å². The maximum Gasteiger partial charge on any atom is 0.257 e. The van der Waals surface area contributed by atoms with E-state index in [1.807, 2.05) is 36.4 Å². The molecule has 0 atom stereocenters. The van der Waals surface area contributed by atoms with Crippen molar-refractivity contribution in [2.24, 2.45) is 0 Å². The Morgan fingerprint density at radius 1 is 0.923 bits per heavy atom. The van der Waals surface area contributed by atoms with Gasteiger partial charge in [-0.3, -0.25) is 10.1 Å². The third-order valence-electron chi connectivity index (χ3n) is 3.55. The van der Waals surface area contributed by atoms with E-state index in [1.165, 1.54) is 0 Å². The molecule has 0 aliphatic rings. The van der Waals surface area contributed by atoms with Crippen LogP contribution in [0.4, 0.5) is 0 Å². The van der Waals surface area contributed by atoms with E-state index in [-0.39, 0.29) is 11.0 Å². The van der Waals surface area contributed by atoms with Crippen molar-refractivity contribution in [2.75, 3.05) is 0 Å². The lowest BCUT2D eigenvalue weighted by atomic mass is 10.2. The van der Waals surface area contributed by atoms with Gasteiger partial charge in [0.1, 0.15) is 11.5 Å². The van der Waals surface area contributed by atoms with Crippen molar-refractivity contribution in [1.82, 2.24) is 10.6 Å². The minimum absolute atomic E-state index is 0.250. The van der Waals surface area contributed by atoms with Gasteiger partial charge >= 0.3 is 0 Å². The molecule has 0 unspecified atom stereocenters. The fourth-order valence-corrected chi connectivity index (χ4v) is 2.92. The zero-order valence-corrected chi connectivity index (χ0v) is 17.4. The first-order chi connectivity index (χ1) is 12.5. The highest BCUT2D eigenvalue weighted by molar-refractivity contribution is 9.10. The Kier molecular flexibility index (Phi) is 6.24. The number of thiocarbonyl (C=S) groups is 1. The van der Waals surface area contributed by atoms with E-state index in [9.17, 15) is 4.79 Å². The van der Waals surface area contributed by atoms with Gasteiger partial charge in [-0.05, 0) is 60.7 Å². The molecule has 3 rings (SSSR count). The number of hydrogen-bond acceptors (Lipinski definition) is 3. The first-order valence-corrected chi connectivity index (χ1v) is 9.70. The van der Waals surface area contributed by atoms with Gasteiger partial charge in [-0.15, -0.1) is 0 Å². The van der Waals surface area contributed by atoms with Gasteiger partial charge in [-0.25, -0.2) is 0 Å². The molecular weight excluding hydrogens is 480 g/mol. The molecule has 1 heterocycles. The third-order valence-corrected chi connectivity index (χ3v) is 4.85. The maximum absolute atomic E-state index is 12.1. The minimum atomic E-state index is -0.259. The van der Waals surface area contributed by atoms with Gasteiger partial charge < -0.3 is 9.73 Å². The van der Waals surface area contributed by atoms with Crippen LogP contribution in [0.1, 0.15) is 16.1 Å². The molecule has 0 aliphatic heterocycles. The van der Waals surface area contributed by atoms with Crippen LogP contribution in [0.5, 0.6) is 0 Å². The highest BCUT2D eigenvalue weighted by Crippen LogP contribution is 2.23. The Morgan fingerprint density at radius 3 is 2.19 bits per heavy atom. The van der Waals surface area contributed by atoms with Crippen molar-refractivity contribution in [2.45, 2.75) is 6.54 Å². The lowest BCUT2D eigenvalue weighted by Crippen LogP contribution is -2.38. The molecule has 1 amide bonds. The normalized spacial score (nSPS) is 10.4. The molecule has 0 bridgehead atoms. The van der Waals surface area contributed by atoms with Crippen LogP contribution in [-0.4, -0.2) is 11.0 Å². The van der Waals surface area contributed by atoms with Crippen molar-refractivity contribution >= 4 is 55.1 Å². The number of amides is 1. The molecule has 4 nitrogen and oxygen atoms in total. The van der Waals surface area contributed by atoms with E-state index in [0.29, 0.717) is 12.1 Å². The van der Waals surface area contributed by atoms with Crippen LogP contribution in [0.2, 0.25) is 0 Å². The number of carbonyl (C=O) groups is 1. The molecule has 0 spiro atoms. The first-order valence-electron chi connectivity index (χ1n) is 7.70. The Balaban J connectivity index is 1.54.